The van der Waals surface area contributed by atoms with Crippen molar-refractivity contribution in [3.8, 4) is 11.5 Å². The summed E-state index contributed by atoms with van der Waals surface area (Å²) < 4.78 is 15.3. The van der Waals surface area contributed by atoms with Crippen molar-refractivity contribution >= 4 is 17.8 Å². The summed E-state index contributed by atoms with van der Waals surface area (Å²) in [5, 5.41) is 5.16. The topological polar surface area (TPSA) is 103 Å². The Labute approximate surface area is 175 Å². The molecule has 160 valence electrons. The molecule has 0 fully saturated rings. The van der Waals surface area contributed by atoms with Crippen LogP contribution in [0.25, 0.3) is 0 Å². The minimum atomic E-state index is -0.989. The highest BCUT2D eigenvalue weighted by Gasteiger charge is 2.18. The fourth-order valence-electron chi connectivity index (χ4n) is 2.52. The second kappa shape index (κ2) is 10.8. The number of rotatable bonds is 9. The smallest absolute Gasteiger partial charge is 0.326 e. The summed E-state index contributed by atoms with van der Waals surface area (Å²) in [6, 6.07) is 12.4. The molecule has 8 heteroatoms. The number of carbonyl (C=O) groups is 3. The summed E-state index contributed by atoms with van der Waals surface area (Å²) in [7, 11) is 2.94. The van der Waals surface area contributed by atoms with Crippen LogP contribution in [0.5, 0.6) is 11.5 Å². The molecule has 0 radical (unpaired) electrons. The van der Waals surface area contributed by atoms with Gasteiger partial charge in [0.15, 0.2) is 6.10 Å². The summed E-state index contributed by atoms with van der Waals surface area (Å²) in [4.78, 5) is 36.4. The highest BCUT2D eigenvalue weighted by Crippen LogP contribution is 2.22. The van der Waals surface area contributed by atoms with Gasteiger partial charge < -0.3 is 24.8 Å². The van der Waals surface area contributed by atoms with Crippen LogP contribution in [-0.4, -0.2) is 44.7 Å². The summed E-state index contributed by atoms with van der Waals surface area (Å²) in [5.41, 5.74) is 2.33. The Hall–Kier alpha value is -3.55. The maximum atomic E-state index is 12.3. The number of methoxy groups -OCH3 is 2. The highest BCUT2D eigenvalue weighted by atomic mass is 16.5. The lowest BCUT2D eigenvalue weighted by Gasteiger charge is -2.14. The van der Waals surface area contributed by atoms with E-state index in [0.29, 0.717) is 18.0 Å². The summed E-state index contributed by atoms with van der Waals surface area (Å²) in [5.74, 6) is -0.758. The average molecular weight is 414 g/mol. The Morgan fingerprint density at radius 3 is 2.10 bits per heavy atom. The van der Waals surface area contributed by atoms with E-state index in [2.05, 4.69) is 10.6 Å². The standard InChI is InChI=1S/C22H26N2O6/c1-14-5-7-16(8-6-14)12-23-21(26)15(2)30-20(25)13-24-22(27)17-9-18(28-3)11-19(10-17)29-4/h5-11,15H,12-13H2,1-4H3,(H,23,26)(H,24,27)/t15-/m0/s1. The average Bonchev–Trinajstić information content (AvgIpc) is 2.76. The predicted octanol–water partition coefficient (Wildman–Crippen LogP) is 1.99. The quantitative estimate of drug-likeness (QED) is 0.609. The van der Waals surface area contributed by atoms with E-state index in [-0.39, 0.29) is 12.1 Å². The summed E-state index contributed by atoms with van der Waals surface area (Å²) in [6.07, 6.45) is -0.989. The first-order valence-corrected chi connectivity index (χ1v) is 9.36. The first kappa shape index (κ1) is 22.7. The van der Waals surface area contributed by atoms with Crippen molar-refractivity contribution in [1.82, 2.24) is 10.6 Å². The van der Waals surface area contributed by atoms with E-state index in [1.54, 1.807) is 6.07 Å². The van der Waals surface area contributed by atoms with Gasteiger partial charge in [0, 0.05) is 18.2 Å². The van der Waals surface area contributed by atoms with Crippen LogP contribution in [0.1, 0.15) is 28.4 Å². The van der Waals surface area contributed by atoms with Crippen molar-refractivity contribution in [2.45, 2.75) is 26.5 Å². The van der Waals surface area contributed by atoms with Gasteiger partial charge in [-0.25, -0.2) is 0 Å². The number of ether oxygens (including phenoxy) is 3. The zero-order valence-electron chi connectivity index (χ0n) is 17.5. The lowest BCUT2D eigenvalue weighted by molar-refractivity contribution is -0.153. The Morgan fingerprint density at radius 1 is 0.933 bits per heavy atom. The number of esters is 1. The number of nitrogens with one attached hydrogen (secondary N) is 2. The highest BCUT2D eigenvalue weighted by molar-refractivity contribution is 5.96. The van der Waals surface area contributed by atoms with Crippen molar-refractivity contribution in [3.63, 3.8) is 0 Å². The Kier molecular flexibility index (Phi) is 8.22. The minimum absolute atomic E-state index is 0.267. The van der Waals surface area contributed by atoms with E-state index in [9.17, 15) is 14.4 Å². The molecule has 0 aromatic heterocycles. The normalized spacial score (nSPS) is 11.2. The molecule has 0 heterocycles. The van der Waals surface area contributed by atoms with Crippen molar-refractivity contribution in [2.75, 3.05) is 20.8 Å². The largest absolute Gasteiger partial charge is 0.497 e. The summed E-state index contributed by atoms with van der Waals surface area (Å²) in [6.45, 7) is 3.40. The molecule has 2 amide bonds. The van der Waals surface area contributed by atoms with Crippen LogP contribution in [0.15, 0.2) is 42.5 Å². The Balaban J connectivity index is 1.81. The fourth-order valence-corrected chi connectivity index (χ4v) is 2.52. The fraction of sp³-hybridized carbons (Fsp3) is 0.318. The van der Waals surface area contributed by atoms with Crippen LogP contribution in [-0.2, 0) is 20.9 Å². The first-order chi connectivity index (χ1) is 14.3. The second-order valence-electron chi connectivity index (χ2n) is 6.62. The van der Waals surface area contributed by atoms with E-state index < -0.39 is 23.9 Å². The number of hydrogen-bond donors (Lipinski definition) is 2. The molecular formula is C22H26N2O6. The lowest BCUT2D eigenvalue weighted by atomic mass is 10.1. The SMILES string of the molecule is COc1cc(OC)cc(C(=O)NCC(=O)O[C@@H](C)C(=O)NCc2ccc(C)cc2)c1. The van der Waals surface area contributed by atoms with E-state index in [0.717, 1.165) is 11.1 Å². The molecule has 2 aromatic rings. The van der Waals surface area contributed by atoms with E-state index in [1.165, 1.54) is 33.3 Å². The molecule has 8 nitrogen and oxygen atoms in total. The Bertz CT molecular complexity index is 873. The van der Waals surface area contributed by atoms with Gasteiger partial charge in [0.05, 0.1) is 14.2 Å². The molecule has 0 bridgehead atoms. The van der Waals surface area contributed by atoms with Gasteiger partial charge in [0.25, 0.3) is 11.8 Å². The van der Waals surface area contributed by atoms with Gasteiger partial charge in [-0.05, 0) is 31.5 Å². The van der Waals surface area contributed by atoms with Crippen LogP contribution < -0.4 is 20.1 Å². The third-order valence-corrected chi connectivity index (χ3v) is 4.27. The van der Waals surface area contributed by atoms with Crippen LogP contribution in [0.4, 0.5) is 0 Å². The predicted molar refractivity (Wildman–Crippen MR) is 110 cm³/mol. The maximum Gasteiger partial charge on any atom is 0.326 e. The number of aryl methyl sites for hydroxylation is 1. The molecule has 0 saturated carbocycles. The van der Waals surface area contributed by atoms with Crippen LogP contribution >= 0.6 is 0 Å². The molecule has 2 N–H and O–H groups in total. The van der Waals surface area contributed by atoms with Gasteiger partial charge in [-0.2, -0.15) is 0 Å². The second-order valence-corrected chi connectivity index (χ2v) is 6.62. The molecule has 0 spiro atoms. The van der Waals surface area contributed by atoms with Gasteiger partial charge in [-0.1, -0.05) is 29.8 Å². The molecule has 0 aliphatic rings. The lowest BCUT2D eigenvalue weighted by Crippen LogP contribution is -2.38. The number of amides is 2. The molecule has 2 rings (SSSR count). The molecule has 0 aliphatic carbocycles. The molecule has 2 aromatic carbocycles. The number of hydrogen-bond acceptors (Lipinski definition) is 6. The van der Waals surface area contributed by atoms with Gasteiger partial charge in [-0.15, -0.1) is 0 Å². The molecule has 0 aliphatic heterocycles. The van der Waals surface area contributed by atoms with Crippen LogP contribution in [0.3, 0.4) is 0 Å². The molecular weight excluding hydrogens is 388 g/mol. The van der Waals surface area contributed by atoms with Crippen LogP contribution in [0, 0.1) is 6.92 Å². The molecule has 0 unspecified atom stereocenters. The van der Waals surface area contributed by atoms with E-state index in [1.807, 2.05) is 31.2 Å². The van der Waals surface area contributed by atoms with E-state index in [4.69, 9.17) is 14.2 Å². The molecule has 0 saturated heterocycles. The van der Waals surface area contributed by atoms with Gasteiger partial charge in [0.1, 0.15) is 18.0 Å². The minimum Gasteiger partial charge on any atom is -0.497 e. The summed E-state index contributed by atoms with van der Waals surface area (Å²) >= 11 is 0. The first-order valence-electron chi connectivity index (χ1n) is 9.36. The molecule has 1 atom stereocenters. The van der Waals surface area contributed by atoms with Gasteiger partial charge in [0.2, 0.25) is 0 Å². The monoisotopic (exact) mass is 414 g/mol. The van der Waals surface area contributed by atoms with Crippen molar-refractivity contribution in [2.24, 2.45) is 0 Å². The van der Waals surface area contributed by atoms with E-state index >= 15 is 0 Å². The van der Waals surface area contributed by atoms with Gasteiger partial charge >= 0.3 is 5.97 Å². The van der Waals surface area contributed by atoms with Crippen molar-refractivity contribution in [1.29, 1.82) is 0 Å². The van der Waals surface area contributed by atoms with Gasteiger partial charge in [-0.3, -0.25) is 14.4 Å². The molecule has 30 heavy (non-hydrogen) atoms. The number of benzene rings is 2. The Morgan fingerprint density at radius 2 is 1.53 bits per heavy atom. The number of carbonyl (C=O) groups excluding carboxylic acids is 3. The zero-order valence-corrected chi connectivity index (χ0v) is 17.5. The van der Waals surface area contributed by atoms with Crippen LogP contribution in [0.2, 0.25) is 0 Å². The third-order valence-electron chi connectivity index (χ3n) is 4.27. The van der Waals surface area contributed by atoms with Crippen molar-refractivity contribution < 1.29 is 28.6 Å². The van der Waals surface area contributed by atoms with Crippen molar-refractivity contribution in [3.05, 3.63) is 59.2 Å². The zero-order chi connectivity index (χ0) is 22.1. The third kappa shape index (κ3) is 6.80. The maximum absolute atomic E-state index is 12.3.